The van der Waals surface area contributed by atoms with Gasteiger partial charge in [0, 0.05) is 16.1 Å². The second-order valence-corrected chi connectivity index (χ2v) is 10.0. The molecular weight excluding hydrogens is 506 g/mol. The fourth-order valence-electron chi connectivity index (χ4n) is 4.28. The average molecular weight is 534 g/mol. The quantitative estimate of drug-likeness (QED) is 0.161. The van der Waals surface area contributed by atoms with Crippen molar-refractivity contribution in [3.63, 3.8) is 0 Å². The lowest BCUT2D eigenvalue weighted by Crippen LogP contribution is -2.19. The van der Waals surface area contributed by atoms with Crippen molar-refractivity contribution in [1.29, 1.82) is 0 Å². The normalized spacial score (nSPS) is 11.7. The van der Waals surface area contributed by atoms with Gasteiger partial charge in [-0.1, -0.05) is 57.5 Å². The van der Waals surface area contributed by atoms with E-state index in [2.05, 4.69) is 10.5 Å². The summed E-state index contributed by atoms with van der Waals surface area (Å²) in [4.78, 5) is 24.5. The Bertz CT molecular complexity index is 1590. The van der Waals surface area contributed by atoms with Crippen molar-refractivity contribution in [2.75, 3.05) is 0 Å². The lowest BCUT2D eigenvalue weighted by atomic mass is 9.92. The molecule has 4 rings (SSSR count). The van der Waals surface area contributed by atoms with E-state index in [-0.39, 0.29) is 34.6 Å². The molecule has 4 aromatic rings. The Hall–Kier alpha value is -4.30. The highest BCUT2D eigenvalue weighted by Gasteiger charge is 2.20. The number of aromatic hydroxyl groups is 2. The number of benzene rings is 3. The highest BCUT2D eigenvalue weighted by atomic mass is 35.5. The van der Waals surface area contributed by atoms with E-state index < -0.39 is 11.9 Å². The number of hydrogen-bond donors (Lipinski definition) is 4. The first-order valence-corrected chi connectivity index (χ1v) is 12.4. The van der Waals surface area contributed by atoms with Gasteiger partial charge in [0.2, 0.25) is 5.88 Å². The van der Waals surface area contributed by atoms with Crippen LogP contribution >= 0.6 is 11.6 Å². The van der Waals surface area contributed by atoms with E-state index in [0.717, 1.165) is 5.56 Å². The van der Waals surface area contributed by atoms with Gasteiger partial charge in [-0.25, -0.2) is 10.2 Å². The molecule has 0 bridgehead atoms. The predicted octanol–water partition coefficient (Wildman–Crippen LogP) is 6.40. The lowest BCUT2D eigenvalue weighted by molar-refractivity contribution is 0.0696. The summed E-state index contributed by atoms with van der Waals surface area (Å²) >= 11 is 6.22. The molecule has 0 saturated heterocycles. The molecule has 8 nitrogen and oxygen atoms in total. The first-order chi connectivity index (χ1) is 18.0. The first kappa shape index (κ1) is 26.8. The van der Waals surface area contributed by atoms with Gasteiger partial charge < -0.3 is 15.3 Å². The van der Waals surface area contributed by atoms with Gasteiger partial charge in [-0.15, -0.1) is 0 Å². The van der Waals surface area contributed by atoms with Crippen LogP contribution in [0.5, 0.6) is 11.6 Å². The molecular formula is C29H28ClN3O5. The van der Waals surface area contributed by atoms with Gasteiger partial charge in [0.25, 0.3) is 5.91 Å². The van der Waals surface area contributed by atoms with Crippen LogP contribution in [0.25, 0.3) is 16.6 Å². The molecule has 9 heteroatoms. The Kier molecular flexibility index (Phi) is 7.46. The van der Waals surface area contributed by atoms with Crippen molar-refractivity contribution in [2.24, 2.45) is 5.10 Å². The molecule has 0 fully saturated rings. The van der Waals surface area contributed by atoms with Crippen LogP contribution in [0.4, 0.5) is 0 Å². The first-order valence-electron chi connectivity index (χ1n) is 12.1. The van der Waals surface area contributed by atoms with Crippen LogP contribution in [0, 0.1) is 0 Å². The van der Waals surface area contributed by atoms with Crippen molar-refractivity contribution in [3.8, 4) is 17.3 Å². The number of halogens is 1. The van der Waals surface area contributed by atoms with Gasteiger partial charge in [0.05, 0.1) is 28.4 Å². The van der Waals surface area contributed by atoms with Crippen LogP contribution in [0.2, 0.25) is 5.02 Å². The number of carbonyl (C=O) groups excluding carboxylic acids is 1. The summed E-state index contributed by atoms with van der Waals surface area (Å²) in [5.41, 5.74) is 5.43. The minimum atomic E-state index is -1.10. The number of carbonyl (C=O) groups is 2. The number of nitrogens with zero attached hydrogens (tertiary/aromatic N) is 2. The molecule has 1 amide bonds. The highest BCUT2D eigenvalue weighted by molar-refractivity contribution is 6.31. The van der Waals surface area contributed by atoms with Crippen LogP contribution in [-0.4, -0.2) is 38.0 Å². The Labute approximate surface area is 224 Å². The summed E-state index contributed by atoms with van der Waals surface area (Å²) in [6.45, 7) is 7.90. The van der Waals surface area contributed by atoms with Crippen molar-refractivity contribution < 1.29 is 24.9 Å². The van der Waals surface area contributed by atoms with Crippen LogP contribution in [0.15, 0.2) is 59.7 Å². The third-order valence-corrected chi connectivity index (χ3v) is 6.58. The zero-order valence-electron chi connectivity index (χ0n) is 21.4. The number of aromatic carboxylic acids is 1. The second kappa shape index (κ2) is 10.6. The molecule has 4 N–H and O–H groups in total. The summed E-state index contributed by atoms with van der Waals surface area (Å²) < 4.78 is 1.46. The second-order valence-electron chi connectivity index (χ2n) is 9.60. The maximum Gasteiger partial charge on any atom is 0.335 e. The lowest BCUT2D eigenvalue weighted by Gasteiger charge is -2.16. The number of phenols is 1. The Morgan fingerprint density at radius 2 is 1.74 bits per heavy atom. The number of amides is 1. The van der Waals surface area contributed by atoms with E-state index in [4.69, 9.17) is 11.6 Å². The summed E-state index contributed by atoms with van der Waals surface area (Å²) in [6.07, 6.45) is 1.30. The molecule has 0 unspecified atom stereocenters. The van der Waals surface area contributed by atoms with Crippen molar-refractivity contribution in [3.05, 3.63) is 87.4 Å². The maximum atomic E-state index is 13.0. The number of carboxylic acid groups (broad SMARTS) is 1. The van der Waals surface area contributed by atoms with Crippen molar-refractivity contribution in [2.45, 2.75) is 39.5 Å². The number of hydrazone groups is 1. The number of carboxylic acids is 1. The Balaban J connectivity index is 1.74. The number of nitrogens with one attached hydrogen (secondary N) is 1. The molecule has 38 heavy (non-hydrogen) atoms. The van der Waals surface area contributed by atoms with E-state index in [1.165, 1.54) is 22.9 Å². The number of phenolic OH excluding ortho intramolecular Hbond substituents is 1. The summed E-state index contributed by atoms with van der Waals surface area (Å²) in [6, 6.07) is 14.7. The minimum Gasteiger partial charge on any atom is -0.507 e. The van der Waals surface area contributed by atoms with E-state index in [9.17, 15) is 24.9 Å². The third kappa shape index (κ3) is 5.08. The SMILES string of the molecule is CC(C)c1cc(C(=O)NN=Cc2c(O)n(-c3cccc(C(=O)O)c3)c3cc(Cl)ccc23)c(O)c(C(C)C)c1. The van der Waals surface area contributed by atoms with E-state index in [1.54, 1.807) is 36.4 Å². The molecule has 0 aliphatic heterocycles. The molecule has 0 spiro atoms. The molecule has 0 aliphatic carbocycles. The molecule has 1 aromatic heterocycles. The van der Waals surface area contributed by atoms with E-state index in [1.807, 2.05) is 33.8 Å². The maximum absolute atomic E-state index is 13.0. The van der Waals surface area contributed by atoms with Gasteiger partial charge in [0.1, 0.15) is 5.75 Å². The van der Waals surface area contributed by atoms with Crippen LogP contribution in [-0.2, 0) is 0 Å². The molecule has 0 saturated carbocycles. The zero-order valence-corrected chi connectivity index (χ0v) is 22.1. The zero-order chi connectivity index (χ0) is 27.7. The summed E-state index contributed by atoms with van der Waals surface area (Å²) in [7, 11) is 0. The van der Waals surface area contributed by atoms with Crippen LogP contribution < -0.4 is 5.43 Å². The Morgan fingerprint density at radius 3 is 2.39 bits per heavy atom. The fraction of sp³-hybridized carbons (Fsp3) is 0.207. The molecule has 0 aliphatic rings. The van der Waals surface area contributed by atoms with Gasteiger partial charge in [0.15, 0.2) is 0 Å². The molecule has 0 atom stereocenters. The summed E-state index contributed by atoms with van der Waals surface area (Å²) in [5.74, 6) is -1.84. The molecule has 196 valence electrons. The highest BCUT2D eigenvalue weighted by Crippen LogP contribution is 2.35. The predicted molar refractivity (Wildman–Crippen MR) is 148 cm³/mol. The molecule has 1 heterocycles. The van der Waals surface area contributed by atoms with Gasteiger partial charge >= 0.3 is 5.97 Å². The molecule has 3 aromatic carbocycles. The minimum absolute atomic E-state index is 0.0123. The smallest absolute Gasteiger partial charge is 0.335 e. The number of aromatic nitrogens is 1. The van der Waals surface area contributed by atoms with E-state index in [0.29, 0.717) is 32.7 Å². The largest absolute Gasteiger partial charge is 0.507 e. The topological polar surface area (TPSA) is 124 Å². The average Bonchev–Trinajstić information content (AvgIpc) is 3.13. The van der Waals surface area contributed by atoms with Crippen LogP contribution in [0.1, 0.15) is 76.9 Å². The van der Waals surface area contributed by atoms with E-state index >= 15 is 0 Å². The van der Waals surface area contributed by atoms with Crippen molar-refractivity contribution in [1.82, 2.24) is 9.99 Å². The number of fused-ring (bicyclic) bond motifs is 1. The third-order valence-electron chi connectivity index (χ3n) is 6.35. The number of hydrogen-bond acceptors (Lipinski definition) is 5. The summed E-state index contributed by atoms with van der Waals surface area (Å²) in [5, 5.41) is 36.3. The standard InChI is InChI=1S/C29H28ClN3O5/c1-15(2)18-11-22(16(3)4)26(34)23(12-18)27(35)32-31-14-24-21-9-8-19(30)13-25(21)33(28(24)36)20-7-5-6-17(10-20)29(37)38/h5-16,34,36H,1-4H3,(H,32,35)(H,37,38). The fourth-order valence-corrected chi connectivity index (χ4v) is 4.45. The van der Waals surface area contributed by atoms with Crippen LogP contribution in [0.3, 0.4) is 0 Å². The van der Waals surface area contributed by atoms with Crippen molar-refractivity contribution >= 4 is 40.6 Å². The Morgan fingerprint density at radius 1 is 1.00 bits per heavy atom. The van der Waals surface area contributed by atoms with Gasteiger partial charge in [-0.3, -0.25) is 9.36 Å². The molecule has 0 radical (unpaired) electrons. The van der Waals surface area contributed by atoms with Gasteiger partial charge in [-0.05, 0) is 59.4 Å². The monoisotopic (exact) mass is 533 g/mol. The number of rotatable bonds is 7. The van der Waals surface area contributed by atoms with Gasteiger partial charge in [-0.2, -0.15) is 5.10 Å².